The summed E-state index contributed by atoms with van der Waals surface area (Å²) in [7, 11) is 0.725. The van der Waals surface area contributed by atoms with Crippen LogP contribution in [0.3, 0.4) is 0 Å². The van der Waals surface area contributed by atoms with Crippen LogP contribution in [-0.2, 0) is 24.3 Å². The van der Waals surface area contributed by atoms with Crippen LogP contribution >= 0.6 is 11.6 Å². The number of aliphatic hydroxyl groups is 1. The van der Waals surface area contributed by atoms with Gasteiger partial charge in [0, 0.05) is 44.9 Å². The molecule has 0 radical (unpaired) electrons. The third-order valence-electron chi connectivity index (χ3n) is 5.38. The number of halogens is 1. The highest BCUT2D eigenvalue weighted by Gasteiger charge is 2.45. The molecule has 0 spiro atoms. The second-order valence-electron chi connectivity index (χ2n) is 7.70. The van der Waals surface area contributed by atoms with Gasteiger partial charge in [0.2, 0.25) is 10.0 Å². The fourth-order valence-corrected chi connectivity index (χ4v) is 4.66. The van der Waals surface area contributed by atoms with Gasteiger partial charge in [0.25, 0.3) is 11.7 Å². The van der Waals surface area contributed by atoms with Crippen molar-refractivity contribution < 1.29 is 27.9 Å². The summed E-state index contributed by atoms with van der Waals surface area (Å²) in [4.78, 5) is 27.2. The number of likely N-dealkylation sites (tertiary alicyclic amines) is 1. The van der Waals surface area contributed by atoms with Crippen molar-refractivity contribution in [3.63, 3.8) is 0 Å². The molecule has 1 amide bonds. The molecule has 1 heterocycles. The molecule has 1 N–H and O–H groups in total. The molecule has 33 heavy (non-hydrogen) atoms. The van der Waals surface area contributed by atoms with E-state index in [0.29, 0.717) is 23.6 Å². The highest BCUT2D eigenvalue weighted by atomic mass is 35.5. The van der Waals surface area contributed by atoms with Crippen LogP contribution in [0.15, 0.2) is 59.0 Å². The Morgan fingerprint density at radius 2 is 1.70 bits per heavy atom. The monoisotopic (exact) mass is 492 g/mol. The summed E-state index contributed by atoms with van der Waals surface area (Å²) < 4.78 is 30.8. The van der Waals surface area contributed by atoms with Gasteiger partial charge >= 0.3 is 0 Å². The lowest BCUT2D eigenvalue weighted by Gasteiger charge is -2.25. The Hall–Kier alpha value is -2.72. The summed E-state index contributed by atoms with van der Waals surface area (Å²) in [5.41, 5.74) is 0.772. The zero-order chi connectivity index (χ0) is 24.3. The van der Waals surface area contributed by atoms with E-state index >= 15 is 0 Å². The minimum Gasteiger partial charge on any atom is -0.507 e. The van der Waals surface area contributed by atoms with Gasteiger partial charge in [-0.3, -0.25) is 9.59 Å². The number of nitrogens with zero attached hydrogens (tertiary/aromatic N) is 2. The molecule has 8 nitrogen and oxygen atoms in total. The predicted molar refractivity (Wildman–Crippen MR) is 124 cm³/mol. The number of carbonyl (C=O) groups excluding carboxylic acids is 2. The second-order valence-corrected chi connectivity index (χ2v) is 10.3. The largest absolute Gasteiger partial charge is 0.507 e. The first-order chi connectivity index (χ1) is 15.6. The van der Waals surface area contributed by atoms with Crippen LogP contribution in [0, 0.1) is 0 Å². The standard InChI is InChI=1S/C23H25ClN2O6S/c1-25(2)33(30,31)18-11-7-16(8-12-18)21(27)19-20(15-5-9-17(24)10-6-15)26(13-4-14-32-3)23(29)22(19)28/h5-12,20,27H,4,13-14H2,1-3H3. The molecule has 1 atom stereocenters. The van der Waals surface area contributed by atoms with Crippen LogP contribution in [0.4, 0.5) is 0 Å². The smallest absolute Gasteiger partial charge is 0.295 e. The first-order valence-electron chi connectivity index (χ1n) is 10.2. The van der Waals surface area contributed by atoms with Crippen molar-refractivity contribution in [1.82, 2.24) is 9.21 Å². The maximum absolute atomic E-state index is 13.0. The Labute approximate surface area is 198 Å². The average Bonchev–Trinajstić information content (AvgIpc) is 3.04. The fourth-order valence-electron chi connectivity index (χ4n) is 3.63. The molecule has 1 aliphatic rings. The van der Waals surface area contributed by atoms with Crippen molar-refractivity contribution in [2.24, 2.45) is 0 Å². The molecule has 10 heteroatoms. The summed E-state index contributed by atoms with van der Waals surface area (Å²) in [6, 6.07) is 11.4. The van der Waals surface area contributed by atoms with Gasteiger partial charge in [-0.15, -0.1) is 0 Å². The highest BCUT2D eigenvalue weighted by Crippen LogP contribution is 2.39. The van der Waals surface area contributed by atoms with E-state index in [0.717, 1.165) is 4.31 Å². The van der Waals surface area contributed by atoms with E-state index in [1.807, 2.05) is 0 Å². The number of aliphatic hydroxyl groups excluding tert-OH is 1. The summed E-state index contributed by atoms with van der Waals surface area (Å²) in [6.45, 7) is 0.653. The van der Waals surface area contributed by atoms with Crippen LogP contribution in [0.2, 0.25) is 5.02 Å². The Bertz CT molecular complexity index is 1170. The van der Waals surface area contributed by atoms with E-state index in [-0.39, 0.29) is 28.3 Å². The summed E-state index contributed by atoms with van der Waals surface area (Å²) >= 11 is 6.01. The number of ketones is 1. The molecule has 1 aliphatic heterocycles. The lowest BCUT2D eigenvalue weighted by molar-refractivity contribution is -0.140. The molecule has 0 aromatic heterocycles. The molecule has 1 saturated heterocycles. The fraction of sp³-hybridized carbons (Fsp3) is 0.304. The number of amides is 1. The van der Waals surface area contributed by atoms with E-state index < -0.39 is 27.8 Å². The molecular weight excluding hydrogens is 468 g/mol. The number of benzene rings is 2. The number of rotatable bonds is 8. The maximum Gasteiger partial charge on any atom is 0.295 e. The minimum atomic E-state index is -3.66. The molecule has 1 fully saturated rings. The summed E-state index contributed by atoms with van der Waals surface area (Å²) in [5.74, 6) is -1.91. The number of hydrogen-bond donors (Lipinski definition) is 1. The van der Waals surface area contributed by atoms with Crippen molar-refractivity contribution in [1.29, 1.82) is 0 Å². The topological polar surface area (TPSA) is 104 Å². The molecular formula is C23H25ClN2O6S. The van der Waals surface area contributed by atoms with Crippen LogP contribution in [0.1, 0.15) is 23.6 Å². The van der Waals surface area contributed by atoms with E-state index in [1.54, 1.807) is 31.4 Å². The Kier molecular flexibility index (Phi) is 7.58. The van der Waals surface area contributed by atoms with Crippen molar-refractivity contribution in [3.8, 4) is 0 Å². The van der Waals surface area contributed by atoms with E-state index in [1.165, 1.54) is 43.3 Å². The molecule has 2 aromatic carbocycles. The van der Waals surface area contributed by atoms with Gasteiger partial charge < -0.3 is 14.7 Å². The number of sulfonamides is 1. The van der Waals surface area contributed by atoms with Crippen molar-refractivity contribution in [2.45, 2.75) is 17.4 Å². The maximum atomic E-state index is 13.0. The van der Waals surface area contributed by atoms with Gasteiger partial charge in [0.1, 0.15) is 5.76 Å². The summed E-state index contributed by atoms with van der Waals surface area (Å²) in [5, 5.41) is 11.5. The average molecular weight is 493 g/mol. The van der Waals surface area contributed by atoms with Crippen LogP contribution in [0.5, 0.6) is 0 Å². The van der Waals surface area contributed by atoms with Gasteiger partial charge in [-0.05, 0) is 48.4 Å². The Balaban J connectivity index is 2.09. The van der Waals surface area contributed by atoms with Gasteiger partial charge in [0.05, 0.1) is 16.5 Å². The molecule has 1 unspecified atom stereocenters. The van der Waals surface area contributed by atoms with E-state index in [9.17, 15) is 23.1 Å². The van der Waals surface area contributed by atoms with Gasteiger partial charge in [-0.2, -0.15) is 0 Å². The van der Waals surface area contributed by atoms with Gasteiger partial charge in [-0.1, -0.05) is 23.7 Å². The molecule has 2 aromatic rings. The lowest BCUT2D eigenvalue weighted by atomic mass is 9.95. The molecule has 0 aliphatic carbocycles. The van der Waals surface area contributed by atoms with Crippen molar-refractivity contribution in [2.75, 3.05) is 34.4 Å². The number of ether oxygens (including phenoxy) is 1. The normalized spacial score (nSPS) is 18.3. The third kappa shape index (κ3) is 4.96. The SMILES string of the molecule is COCCCN1C(=O)C(=O)C(=C(O)c2ccc(S(=O)(=O)N(C)C)cc2)C1c1ccc(Cl)cc1. The quantitative estimate of drug-likeness (QED) is 0.263. The molecule has 0 bridgehead atoms. The van der Waals surface area contributed by atoms with Crippen molar-refractivity contribution in [3.05, 3.63) is 70.3 Å². The van der Waals surface area contributed by atoms with Crippen LogP contribution in [-0.4, -0.2) is 68.8 Å². The number of methoxy groups -OCH3 is 1. The van der Waals surface area contributed by atoms with E-state index in [4.69, 9.17) is 16.3 Å². The summed E-state index contributed by atoms with van der Waals surface area (Å²) in [6.07, 6.45) is 0.505. The first kappa shape index (κ1) is 24.9. The highest BCUT2D eigenvalue weighted by molar-refractivity contribution is 7.89. The lowest BCUT2D eigenvalue weighted by Crippen LogP contribution is -2.31. The van der Waals surface area contributed by atoms with E-state index in [2.05, 4.69) is 0 Å². The molecule has 176 valence electrons. The second kappa shape index (κ2) is 10.0. The van der Waals surface area contributed by atoms with Crippen molar-refractivity contribution >= 4 is 39.1 Å². The number of Topliss-reactive ketones (excluding diaryl/α,β-unsaturated/α-hetero) is 1. The first-order valence-corrected chi connectivity index (χ1v) is 12.0. The predicted octanol–water partition coefficient (Wildman–Crippen LogP) is 3.05. The van der Waals surface area contributed by atoms with Gasteiger partial charge in [0.15, 0.2) is 0 Å². The third-order valence-corrected chi connectivity index (χ3v) is 7.46. The Morgan fingerprint density at radius 1 is 1.09 bits per heavy atom. The Morgan fingerprint density at radius 3 is 2.24 bits per heavy atom. The zero-order valence-electron chi connectivity index (χ0n) is 18.5. The van der Waals surface area contributed by atoms with Gasteiger partial charge in [-0.25, -0.2) is 12.7 Å². The molecule has 3 rings (SSSR count). The number of carbonyl (C=O) groups is 2. The van der Waals surface area contributed by atoms with Crippen LogP contribution in [0.25, 0.3) is 5.76 Å². The molecule has 0 saturated carbocycles. The number of hydrogen-bond acceptors (Lipinski definition) is 6. The zero-order valence-corrected chi connectivity index (χ0v) is 20.1. The minimum absolute atomic E-state index is 0.0401. The van der Waals surface area contributed by atoms with Crippen LogP contribution < -0.4 is 0 Å².